The van der Waals surface area contributed by atoms with Crippen molar-refractivity contribution < 1.29 is 9.32 Å². The van der Waals surface area contributed by atoms with E-state index < -0.39 is 0 Å². The average molecular weight is 290 g/mol. The largest absolute Gasteiger partial charge is 0.351 e. The minimum Gasteiger partial charge on any atom is -0.351 e. The zero-order valence-electron chi connectivity index (χ0n) is 11.5. The third-order valence-electron chi connectivity index (χ3n) is 3.86. The Morgan fingerprint density at radius 3 is 2.90 bits per heavy atom. The van der Waals surface area contributed by atoms with E-state index in [0.717, 1.165) is 5.69 Å². The molecule has 0 bridgehead atoms. The highest BCUT2D eigenvalue weighted by Crippen LogP contribution is 2.37. The number of nitrogens with zero attached hydrogens (tertiary/aromatic N) is 1. The van der Waals surface area contributed by atoms with Crippen LogP contribution in [0.4, 0.5) is 0 Å². The van der Waals surface area contributed by atoms with Crippen molar-refractivity contribution in [2.24, 2.45) is 5.92 Å². The quantitative estimate of drug-likeness (QED) is 0.934. The molecular weight excluding hydrogens is 272 g/mol. The van der Waals surface area contributed by atoms with Gasteiger partial charge in [-0.3, -0.25) is 4.79 Å². The van der Waals surface area contributed by atoms with Gasteiger partial charge in [-0.15, -0.1) is 11.3 Å². The molecule has 0 saturated heterocycles. The smallest absolute Gasteiger partial charge is 0.290 e. The van der Waals surface area contributed by atoms with Gasteiger partial charge in [-0.25, -0.2) is 0 Å². The number of amides is 1. The molecule has 1 fully saturated rings. The second-order valence-electron chi connectivity index (χ2n) is 5.34. The summed E-state index contributed by atoms with van der Waals surface area (Å²) >= 11 is 1.70. The maximum Gasteiger partial charge on any atom is 0.290 e. The Balaban J connectivity index is 1.77. The summed E-state index contributed by atoms with van der Waals surface area (Å²) in [6, 6.07) is 5.90. The second-order valence-corrected chi connectivity index (χ2v) is 6.32. The molecule has 2 heterocycles. The molecule has 0 aromatic carbocycles. The molecule has 3 rings (SSSR count). The number of aromatic nitrogens is 1. The highest BCUT2D eigenvalue weighted by molar-refractivity contribution is 7.10. The van der Waals surface area contributed by atoms with E-state index in [1.54, 1.807) is 17.4 Å². The lowest BCUT2D eigenvalue weighted by Gasteiger charge is -2.23. The van der Waals surface area contributed by atoms with Crippen LogP contribution in [0.1, 0.15) is 52.9 Å². The van der Waals surface area contributed by atoms with Crippen molar-refractivity contribution in [2.75, 3.05) is 0 Å². The zero-order chi connectivity index (χ0) is 13.9. The van der Waals surface area contributed by atoms with Gasteiger partial charge in [-0.05, 0) is 37.1 Å². The van der Waals surface area contributed by atoms with Crippen molar-refractivity contribution in [1.29, 1.82) is 0 Å². The highest BCUT2D eigenvalue weighted by Gasteiger charge is 2.29. The van der Waals surface area contributed by atoms with Gasteiger partial charge < -0.3 is 9.84 Å². The van der Waals surface area contributed by atoms with Gasteiger partial charge in [0, 0.05) is 10.9 Å². The van der Waals surface area contributed by atoms with Gasteiger partial charge in [0.1, 0.15) is 0 Å². The lowest BCUT2D eigenvalue weighted by molar-refractivity contribution is 0.0885. The summed E-state index contributed by atoms with van der Waals surface area (Å²) in [6.07, 6.45) is 4.87. The van der Waals surface area contributed by atoms with Crippen LogP contribution in [0, 0.1) is 12.8 Å². The maximum atomic E-state index is 12.3. The summed E-state index contributed by atoms with van der Waals surface area (Å²) < 4.78 is 5.05. The van der Waals surface area contributed by atoms with E-state index in [1.165, 1.54) is 30.6 Å². The highest BCUT2D eigenvalue weighted by atomic mass is 32.1. The first-order valence-corrected chi connectivity index (χ1v) is 7.89. The summed E-state index contributed by atoms with van der Waals surface area (Å²) in [4.78, 5) is 13.5. The van der Waals surface area contributed by atoms with Gasteiger partial charge in [0.2, 0.25) is 5.76 Å². The Labute approximate surface area is 122 Å². The Bertz CT molecular complexity index is 570. The van der Waals surface area contributed by atoms with E-state index in [4.69, 9.17) is 4.52 Å². The average Bonchev–Trinajstić information content (AvgIpc) is 3.17. The van der Waals surface area contributed by atoms with Crippen LogP contribution in [-0.2, 0) is 0 Å². The van der Waals surface area contributed by atoms with Crippen molar-refractivity contribution >= 4 is 17.2 Å². The molecule has 106 valence electrons. The fourth-order valence-corrected chi connectivity index (χ4v) is 3.73. The third-order valence-corrected chi connectivity index (χ3v) is 4.81. The molecule has 0 radical (unpaired) electrons. The lowest BCUT2D eigenvalue weighted by atomic mass is 9.96. The van der Waals surface area contributed by atoms with Crippen LogP contribution in [0.3, 0.4) is 0 Å². The summed E-state index contributed by atoms with van der Waals surface area (Å²) in [5.74, 6) is 0.652. The summed E-state index contributed by atoms with van der Waals surface area (Å²) in [6.45, 7) is 1.81. The fraction of sp³-hybridized carbons (Fsp3) is 0.467. The molecule has 2 aromatic rings. The number of carbonyl (C=O) groups excluding carboxylic acids is 1. The normalized spacial score (nSPS) is 17.2. The zero-order valence-corrected chi connectivity index (χ0v) is 12.3. The molecule has 0 unspecified atom stereocenters. The first-order chi connectivity index (χ1) is 9.74. The van der Waals surface area contributed by atoms with Crippen LogP contribution in [0.5, 0.6) is 0 Å². The molecule has 5 heteroatoms. The van der Waals surface area contributed by atoms with E-state index in [-0.39, 0.29) is 11.9 Å². The number of carbonyl (C=O) groups is 1. The number of hydrogen-bond donors (Lipinski definition) is 1. The number of thiophene rings is 1. The summed E-state index contributed by atoms with van der Waals surface area (Å²) in [5.41, 5.74) is 0.726. The van der Waals surface area contributed by atoms with Crippen LogP contribution in [0.15, 0.2) is 28.1 Å². The predicted octanol–water partition coefficient (Wildman–Crippen LogP) is 3.71. The number of rotatable bonds is 4. The molecule has 1 N–H and O–H groups in total. The molecule has 1 aliphatic rings. The van der Waals surface area contributed by atoms with Gasteiger partial charge in [0.05, 0.1) is 11.7 Å². The molecule has 0 spiro atoms. The van der Waals surface area contributed by atoms with E-state index in [1.807, 2.05) is 13.0 Å². The first-order valence-electron chi connectivity index (χ1n) is 7.01. The van der Waals surface area contributed by atoms with Crippen molar-refractivity contribution in [3.63, 3.8) is 0 Å². The van der Waals surface area contributed by atoms with Crippen molar-refractivity contribution in [3.05, 3.63) is 39.9 Å². The molecule has 0 aliphatic heterocycles. The SMILES string of the molecule is Cc1cc(C(=O)N[C@@H](c2cccs2)C2CCCC2)on1. The molecular formula is C15H18N2O2S. The maximum absolute atomic E-state index is 12.3. The Kier molecular flexibility index (Phi) is 3.87. The van der Waals surface area contributed by atoms with Gasteiger partial charge >= 0.3 is 0 Å². The van der Waals surface area contributed by atoms with Crippen LogP contribution in [-0.4, -0.2) is 11.1 Å². The van der Waals surface area contributed by atoms with Crippen LogP contribution < -0.4 is 5.32 Å². The predicted molar refractivity (Wildman–Crippen MR) is 77.7 cm³/mol. The Morgan fingerprint density at radius 2 is 2.30 bits per heavy atom. The Hall–Kier alpha value is -1.62. The Morgan fingerprint density at radius 1 is 1.50 bits per heavy atom. The topological polar surface area (TPSA) is 55.1 Å². The third kappa shape index (κ3) is 2.77. The second kappa shape index (κ2) is 5.79. The summed E-state index contributed by atoms with van der Waals surface area (Å²) in [5, 5.41) is 8.96. The lowest BCUT2D eigenvalue weighted by Crippen LogP contribution is -2.32. The van der Waals surface area contributed by atoms with Gasteiger partial charge in [-0.2, -0.15) is 0 Å². The van der Waals surface area contributed by atoms with E-state index in [0.29, 0.717) is 11.7 Å². The molecule has 1 amide bonds. The minimum atomic E-state index is -0.170. The van der Waals surface area contributed by atoms with Gasteiger partial charge in [0.25, 0.3) is 5.91 Å². The number of hydrogen-bond acceptors (Lipinski definition) is 4. The molecule has 1 atom stereocenters. The van der Waals surface area contributed by atoms with Crippen molar-refractivity contribution in [3.8, 4) is 0 Å². The monoisotopic (exact) mass is 290 g/mol. The van der Waals surface area contributed by atoms with Crippen LogP contribution >= 0.6 is 11.3 Å². The van der Waals surface area contributed by atoms with Gasteiger partial charge in [-0.1, -0.05) is 24.1 Å². The molecule has 1 aliphatic carbocycles. The van der Waals surface area contributed by atoms with Crippen molar-refractivity contribution in [2.45, 2.75) is 38.6 Å². The molecule has 1 saturated carbocycles. The van der Waals surface area contributed by atoms with E-state index >= 15 is 0 Å². The molecule has 20 heavy (non-hydrogen) atoms. The van der Waals surface area contributed by atoms with Crippen LogP contribution in [0.2, 0.25) is 0 Å². The number of aryl methyl sites for hydroxylation is 1. The van der Waals surface area contributed by atoms with E-state index in [2.05, 4.69) is 21.9 Å². The molecule has 2 aromatic heterocycles. The first kappa shape index (κ1) is 13.4. The fourth-order valence-electron chi connectivity index (χ4n) is 2.86. The van der Waals surface area contributed by atoms with Crippen LogP contribution in [0.25, 0.3) is 0 Å². The number of nitrogens with one attached hydrogen (secondary N) is 1. The van der Waals surface area contributed by atoms with Crippen molar-refractivity contribution in [1.82, 2.24) is 10.5 Å². The minimum absolute atomic E-state index is 0.0930. The standard InChI is InChI=1S/C15H18N2O2S/c1-10-9-12(19-17-10)15(18)16-14(11-5-2-3-6-11)13-7-4-8-20-13/h4,7-9,11,14H,2-3,5-6H2,1H3,(H,16,18)/t14-/m1/s1. The van der Waals surface area contributed by atoms with Gasteiger partial charge in [0.15, 0.2) is 0 Å². The van der Waals surface area contributed by atoms with E-state index in [9.17, 15) is 4.79 Å². The molecule has 4 nitrogen and oxygen atoms in total. The summed E-state index contributed by atoms with van der Waals surface area (Å²) in [7, 11) is 0.